The zero-order valence-electron chi connectivity index (χ0n) is 11.7. The summed E-state index contributed by atoms with van der Waals surface area (Å²) in [7, 11) is 0. The molecule has 0 N–H and O–H groups in total. The summed E-state index contributed by atoms with van der Waals surface area (Å²) in [5, 5.41) is 3.55. The van der Waals surface area contributed by atoms with Crippen LogP contribution in [0.25, 0.3) is 0 Å². The summed E-state index contributed by atoms with van der Waals surface area (Å²) in [5.41, 5.74) is 2.54. The molecule has 3 aliphatic rings. The standard InChI is InChI=1S/C18H15NO2/c1-17(11-20)10-18(19-21)14-8-4-2-6-12(14)16(17)13-7-3-5-9-15(13)18/h2-9,11,16H,10H2,1H3. The number of benzene rings is 2. The highest BCUT2D eigenvalue weighted by Crippen LogP contribution is 2.63. The fourth-order valence-corrected chi connectivity index (χ4v) is 4.36. The first-order valence-electron chi connectivity index (χ1n) is 7.16. The van der Waals surface area contributed by atoms with E-state index in [9.17, 15) is 9.70 Å². The van der Waals surface area contributed by atoms with Crippen molar-refractivity contribution < 1.29 is 4.79 Å². The van der Waals surface area contributed by atoms with Gasteiger partial charge in [-0.2, -0.15) is 0 Å². The van der Waals surface area contributed by atoms with Gasteiger partial charge in [0.1, 0.15) is 6.29 Å². The van der Waals surface area contributed by atoms with E-state index in [4.69, 9.17) is 0 Å². The van der Waals surface area contributed by atoms with E-state index in [1.807, 2.05) is 55.5 Å². The number of hydrogen-bond donors (Lipinski definition) is 0. The molecule has 2 aromatic carbocycles. The summed E-state index contributed by atoms with van der Waals surface area (Å²) in [6.45, 7) is 1.94. The highest BCUT2D eigenvalue weighted by Gasteiger charge is 2.59. The molecule has 0 saturated heterocycles. The first-order valence-corrected chi connectivity index (χ1v) is 7.16. The summed E-state index contributed by atoms with van der Waals surface area (Å²) in [6, 6.07) is 15.8. The quantitative estimate of drug-likeness (QED) is 0.620. The van der Waals surface area contributed by atoms with Crippen molar-refractivity contribution in [2.75, 3.05) is 0 Å². The van der Waals surface area contributed by atoms with E-state index < -0.39 is 11.0 Å². The lowest BCUT2D eigenvalue weighted by molar-refractivity contribution is -0.118. The number of carbonyl (C=O) groups is 1. The normalized spacial score (nSPS) is 32.1. The molecule has 0 radical (unpaired) electrons. The lowest BCUT2D eigenvalue weighted by Gasteiger charge is -2.52. The van der Waals surface area contributed by atoms with Crippen molar-refractivity contribution in [1.29, 1.82) is 0 Å². The summed E-state index contributed by atoms with van der Waals surface area (Å²) in [5.74, 6) is 0.00558. The van der Waals surface area contributed by atoms with Gasteiger partial charge in [0.25, 0.3) is 0 Å². The van der Waals surface area contributed by atoms with Crippen molar-refractivity contribution in [3.8, 4) is 0 Å². The van der Waals surface area contributed by atoms with Crippen LogP contribution in [0.3, 0.4) is 0 Å². The van der Waals surface area contributed by atoms with Crippen molar-refractivity contribution in [3.63, 3.8) is 0 Å². The number of rotatable bonds is 2. The Morgan fingerprint density at radius 1 is 1.05 bits per heavy atom. The van der Waals surface area contributed by atoms with Gasteiger partial charge in [-0.1, -0.05) is 60.6 Å². The van der Waals surface area contributed by atoms with Crippen molar-refractivity contribution in [3.05, 3.63) is 75.7 Å². The molecule has 0 spiro atoms. The van der Waals surface area contributed by atoms with Crippen molar-refractivity contribution in [2.24, 2.45) is 10.6 Å². The molecule has 2 aromatic rings. The Morgan fingerprint density at radius 2 is 1.57 bits per heavy atom. The summed E-state index contributed by atoms with van der Waals surface area (Å²) >= 11 is 0. The Kier molecular flexibility index (Phi) is 2.30. The molecule has 104 valence electrons. The van der Waals surface area contributed by atoms with E-state index in [1.165, 1.54) is 0 Å². The smallest absolute Gasteiger partial charge is 0.154 e. The van der Waals surface area contributed by atoms with Gasteiger partial charge >= 0.3 is 0 Å². The minimum atomic E-state index is -0.933. The molecule has 0 heterocycles. The van der Waals surface area contributed by atoms with Crippen LogP contribution in [-0.4, -0.2) is 6.29 Å². The van der Waals surface area contributed by atoms with E-state index in [0.717, 1.165) is 28.5 Å². The van der Waals surface area contributed by atoms with Gasteiger partial charge < -0.3 is 4.79 Å². The van der Waals surface area contributed by atoms with Gasteiger partial charge in [-0.3, -0.25) is 0 Å². The molecule has 21 heavy (non-hydrogen) atoms. The number of carbonyl (C=O) groups excluding carboxylic acids is 1. The number of aldehydes is 1. The Labute approximate surface area is 123 Å². The molecular weight excluding hydrogens is 262 g/mol. The van der Waals surface area contributed by atoms with Crippen molar-refractivity contribution >= 4 is 6.29 Å². The fraction of sp³-hybridized carbons (Fsp3) is 0.278. The fourth-order valence-electron chi connectivity index (χ4n) is 4.36. The zero-order valence-corrected chi connectivity index (χ0v) is 11.7. The van der Waals surface area contributed by atoms with Crippen LogP contribution in [0.4, 0.5) is 0 Å². The second-order valence-electron chi connectivity index (χ2n) is 6.36. The minimum Gasteiger partial charge on any atom is -0.303 e. The summed E-state index contributed by atoms with van der Waals surface area (Å²) in [6.07, 6.45) is 1.45. The van der Waals surface area contributed by atoms with Crippen LogP contribution in [-0.2, 0) is 10.3 Å². The zero-order chi connectivity index (χ0) is 14.7. The lowest BCUT2D eigenvalue weighted by Crippen LogP contribution is -2.49. The lowest BCUT2D eigenvalue weighted by atomic mass is 9.50. The molecule has 0 aromatic heterocycles. The third-order valence-corrected chi connectivity index (χ3v) is 5.16. The molecule has 2 bridgehead atoms. The van der Waals surface area contributed by atoms with Gasteiger partial charge in [-0.25, -0.2) is 0 Å². The van der Waals surface area contributed by atoms with E-state index in [2.05, 4.69) is 5.18 Å². The Morgan fingerprint density at radius 3 is 2.05 bits per heavy atom. The second-order valence-corrected chi connectivity index (χ2v) is 6.36. The molecule has 3 heteroatoms. The van der Waals surface area contributed by atoms with Crippen LogP contribution in [0.1, 0.15) is 41.5 Å². The molecule has 0 fully saturated rings. The molecule has 1 atom stereocenters. The predicted molar refractivity (Wildman–Crippen MR) is 80.1 cm³/mol. The largest absolute Gasteiger partial charge is 0.303 e. The van der Waals surface area contributed by atoms with Crippen LogP contribution in [0.15, 0.2) is 53.7 Å². The molecular formula is C18H15NO2. The maximum atomic E-state index is 11.9. The van der Waals surface area contributed by atoms with Crippen LogP contribution in [0.2, 0.25) is 0 Å². The van der Waals surface area contributed by atoms with E-state index >= 15 is 0 Å². The maximum Gasteiger partial charge on any atom is 0.154 e. The van der Waals surface area contributed by atoms with Crippen molar-refractivity contribution in [2.45, 2.75) is 24.8 Å². The second kappa shape index (κ2) is 3.88. The van der Waals surface area contributed by atoms with Gasteiger partial charge in [-0.05, 0) is 28.7 Å². The van der Waals surface area contributed by atoms with Gasteiger partial charge in [0.15, 0.2) is 5.54 Å². The highest BCUT2D eigenvalue weighted by atomic mass is 16.3. The van der Waals surface area contributed by atoms with Crippen LogP contribution >= 0.6 is 0 Å². The van der Waals surface area contributed by atoms with Gasteiger partial charge in [0, 0.05) is 11.3 Å². The third-order valence-electron chi connectivity index (χ3n) is 5.16. The Bertz CT molecular complexity index is 720. The molecule has 5 rings (SSSR count). The molecule has 0 saturated carbocycles. The highest BCUT2D eigenvalue weighted by molar-refractivity contribution is 5.71. The first kappa shape index (κ1) is 12.5. The van der Waals surface area contributed by atoms with Gasteiger partial charge in [0.05, 0.1) is 0 Å². The van der Waals surface area contributed by atoms with Crippen molar-refractivity contribution in [1.82, 2.24) is 0 Å². The average Bonchev–Trinajstić information content (AvgIpc) is 2.55. The average molecular weight is 277 g/mol. The Balaban J connectivity index is 2.16. The Hall–Kier alpha value is -2.29. The molecule has 3 aliphatic carbocycles. The number of fused-ring (bicyclic) bond motifs is 1. The molecule has 0 amide bonds. The topological polar surface area (TPSA) is 46.5 Å². The molecule has 3 nitrogen and oxygen atoms in total. The van der Waals surface area contributed by atoms with E-state index in [0.29, 0.717) is 6.42 Å². The van der Waals surface area contributed by atoms with E-state index in [-0.39, 0.29) is 5.92 Å². The maximum absolute atomic E-state index is 11.9. The predicted octanol–water partition coefficient (Wildman–Crippen LogP) is 3.75. The molecule has 0 aliphatic heterocycles. The van der Waals surface area contributed by atoms with E-state index in [1.54, 1.807) is 0 Å². The first-order chi connectivity index (χ1) is 10.2. The van der Waals surface area contributed by atoms with Gasteiger partial charge in [-0.15, -0.1) is 4.91 Å². The SMILES string of the molecule is CC1(C=O)CC2(N=O)c3ccccc3C1c1ccccc12. The number of nitroso groups, excluding NO2 is 1. The van der Waals surface area contributed by atoms with Crippen LogP contribution in [0.5, 0.6) is 0 Å². The summed E-state index contributed by atoms with van der Waals surface area (Å²) in [4.78, 5) is 23.7. The number of nitrogens with zero attached hydrogens (tertiary/aromatic N) is 1. The monoisotopic (exact) mass is 277 g/mol. The third kappa shape index (κ3) is 1.31. The van der Waals surface area contributed by atoms with Crippen LogP contribution < -0.4 is 0 Å². The molecule has 1 unspecified atom stereocenters. The van der Waals surface area contributed by atoms with Crippen LogP contribution in [0, 0.1) is 10.3 Å². The summed E-state index contributed by atoms with van der Waals surface area (Å²) < 4.78 is 0. The van der Waals surface area contributed by atoms with Gasteiger partial charge in [0.2, 0.25) is 0 Å². The number of hydrogen-bond acceptors (Lipinski definition) is 3. The minimum absolute atomic E-state index is 0.00558.